The van der Waals surface area contributed by atoms with Crippen LogP contribution in [0.25, 0.3) is 0 Å². The predicted molar refractivity (Wildman–Crippen MR) is 139 cm³/mol. The predicted octanol–water partition coefficient (Wildman–Crippen LogP) is 1.63. The first-order valence-corrected chi connectivity index (χ1v) is 13.2. The van der Waals surface area contributed by atoms with Crippen LogP contribution in [0.15, 0.2) is 23.5 Å². The lowest BCUT2D eigenvalue weighted by atomic mass is 10.1. The van der Waals surface area contributed by atoms with Crippen LogP contribution < -0.4 is 15.0 Å². The fourth-order valence-electron chi connectivity index (χ4n) is 3.92. The Bertz CT molecular complexity index is 1080. The summed E-state index contributed by atoms with van der Waals surface area (Å²) >= 11 is 6.96. The van der Waals surface area contributed by atoms with E-state index in [2.05, 4.69) is 30.7 Å². The van der Waals surface area contributed by atoms with Crippen LogP contribution in [0, 0.1) is 5.92 Å². The van der Waals surface area contributed by atoms with E-state index in [9.17, 15) is 9.59 Å². The van der Waals surface area contributed by atoms with Gasteiger partial charge in [-0.15, -0.1) is 5.10 Å². The molecule has 1 unspecified atom stereocenters. The SMILES string of the molecule is CC(C)C1NC(=S)N(c2ccc(OC(=O)N3CCC(Sc4nnnn4CCN(C)C)CC3)cn2)C1=O. The Morgan fingerprint density at radius 1 is 1.31 bits per heavy atom. The van der Waals surface area contributed by atoms with E-state index in [1.54, 1.807) is 28.8 Å². The van der Waals surface area contributed by atoms with E-state index in [-0.39, 0.29) is 17.9 Å². The summed E-state index contributed by atoms with van der Waals surface area (Å²) in [5.41, 5.74) is 0. The van der Waals surface area contributed by atoms with Gasteiger partial charge in [0.1, 0.15) is 11.9 Å². The highest BCUT2D eigenvalue weighted by molar-refractivity contribution is 7.99. The molecule has 2 aromatic rings. The van der Waals surface area contributed by atoms with E-state index in [1.165, 1.54) is 11.1 Å². The minimum Gasteiger partial charge on any atom is -0.409 e. The van der Waals surface area contributed by atoms with Crippen LogP contribution in [0.5, 0.6) is 5.75 Å². The fraction of sp³-hybridized carbons (Fsp3) is 0.591. The highest BCUT2D eigenvalue weighted by atomic mass is 32.2. The van der Waals surface area contributed by atoms with Crippen molar-refractivity contribution in [3.63, 3.8) is 0 Å². The van der Waals surface area contributed by atoms with Gasteiger partial charge in [0.05, 0.1) is 12.7 Å². The Kier molecular flexibility index (Phi) is 8.36. The first-order chi connectivity index (χ1) is 17.2. The number of rotatable bonds is 8. The second-order valence-corrected chi connectivity index (χ2v) is 11.0. The minimum absolute atomic E-state index is 0.0985. The zero-order valence-electron chi connectivity index (χ0n) is 20.8. The molecule has 4 rings (SSSR count). The van der Waals surface area contributed by atoms with Crippen molar-refractivity contribution in [3.8, 4) is 5.75 Å². The molecule has 2 aliphatic heterocycles. The standard InChI is InChI=1S/C22H31N9O3S2/c1-14(2)18-19(32)31(20(35)24-18)17-6-5-15(13-23-17)34-22(33)29-9-7-16(8-10-29)36-21-25-26-27-30(21)12-11-28(3)4/h5-6,13-14,16,18H,7-12H2,1-4H3,(H,24,35). The summed E-state index contributed by atoms with van der Waals surface area (Å²) in [6, 6.07) is 2.87. The Hall–Kier alpha value is -2.84. The van der Waals surface area contributed by atoms with Gasteiger partial charge in [-0.25, -0.2) is 19.4 Å². The van der Waals surface area contributed by atoms with E-state index in [4.69, 9.17) is 17.0 Å². The van der Waals surface area contributed by atoms with Gasteiger partial charge >= 0.3 is 6.09 Å². The molecule has 4 heterocycles. The van der Waals surface area contributed by atoms with Gasteiger partial charge in [0.15, 0.2) is 10.9 Å². The molecule has 2 fully saturated rings. The summed E-state index contributed by atoms with van der Waals surface area (Å²) < 4.78 is 7.35. The van der Waals surface area contributed by atoms with Gasteiger partial charge in [-0.3, -0.25) is 4.79 Å². The lowest BCUT2D eigenvalue weighted by Gasteiger charge is -2.30. The summed E-state index contributed by atoms with van der Waals surface area (Å²) in [6.07, 6.45) is 2.65. The van der Waals surface area contributed by atoms with Gasteiger partial charge in [0, 0.05) is 24.9 Å². The molecule has 36 heavy (non-hydrogen) atoms. The number of aromatic nitrogens is 5. The number of carbonyl (C=O) groups is 2. The number of nitrogens with one attached hydrogen (secondary N) is 1. The van der Waals surface area contributed by atoms with Gasteiger partial charge in [-0.05, 0) is 67.6 Å². The van der Waals surface area contributed by atoms with Gasteiger partial charge in [0.25, 0.3) is 5.91 Å². The number of ether oxygens (including phenoxy) is 1. The average Bonchev–Trinajstić information content (AvgIpc) is 3.41. The minimum atomic E-state index is -0.418. The van der Waals surface area contributed by atoms with Crippen molar-refractivity contribution in [2.24, 2.45) is 5.92 Å². The van der Waals surface area contributed by atoms with E-state index >= 15 is 0 Å². The van der Waals surface area contributed by atoms with E-state index in [1.807, 2.05) is 32.6 Å². The number of nitrogens with zero attached hydrogens (tertiary/aromatic N) is 8. The molecule has 2 aliphatic rings. The van der Waals surface area contributed by atoms with Crippen LogP contribution in [0.4, 0.5) is 10.6 Å². The number of tetrazole rings is 1. The number of hydrogen-bond acceptors (Lipinski definition) is 10. The number of pyridine rings is 1. The summed E-state index contributed by atoms with van der Waals surface area (Å²) in [7, 11) is 4.03. The molecular formula is C22H31N9O3S2. The molecule has 14 heteroatoms. The molecule has 0 bridgehead atoms. The highest BCUT2D eigenvalue weighted by Gasteiger charge is 2.38. The molecule has 0 saturated carbocycles. The molecule has 1 N–H and O–H groups in total. The second-order valence-electron chi connectivity index (χ2n) is 9.36. The van der Waals surface area contributed by atoms with Gasteiger partial charge in [-0.1, -0.05) is 25.6 Å². The van der Waals surface area contributed by atoms with Crippen molar-refractivity contribution in [1.82, 2.24) is 40.3 Å². The molecule has 12 nitrogen and oxygen atoms in total. The normalized spacial score (nSPS) is 18.9. The Morgan fingerprint density at radius 3 is 2.67 bits per heavy atom. The van der Waals surface area contributed by atoms with Crippen molar-refractivity contribution in [2.75, 3.05) is 38.6 Å². The fourth-order valence-corrected chi connectivity index (χ4v) is 5.31. The molecule has 0 spiro atoms. The number of likely N-dealkylation sites (N-methyl/N-ethyl adjacent to an activating group) is 1. The van der Waals surface area contributed by atoms with Crippen LogP contribution in [-0.2, 0) is 11.3 Å². The largest absolute Gasteiger partial charge is 0.415 e. The van der Waals surface area contributed by atoms with Crippen molar-refractivity contribution < 1.29 is 14.3 Å². The number of anilines is 1. The summed E-state index contributed by atoms with van der Waals surface area (Å²) in [6.45, 7) is 6.66. The maximum Gasteiger partial charge on any atom is 0.415 e. The Labute approximate surface area is 219 Å². The monoisotopic (exact) mass is 533 g/mol. The number of hydrogen-bond donors (Lipinski definition) is 1. The Morgan fingerprint density at radius 2 is 2.06 bits per heavy atom. The number of piperidine rings is 1. The third kappa shape index (κ3) is 6.10. The number of amides is 2. The van der Waals surface area contributed by atoms with Gasteiger partial charge in [-0.2, -0.15) is 0 Å². The molecule has 194 valence electrons. The van der Waals surface area contributed by atoms with Gasteiger partial charge in [0.2, 0.25) is 5.16 Å². The van der Waals surface area contributed by atoms with Gasteiger partial charge < -0.3 is 19.9 Å². The summed E-state index contributed by atoms with van der Waals surface area (Å²) in [4.78, 5) is 34.8. The third-order valence-electron chi connectivity index (χ3n) is 6.02. The second kappa shape index (κ2) is 11.5. The first-order valence-electron chi connectivity index (χ1n) is 11.9. The molecule has 0 aliphatic carbocycles. The molecule has 2 aromatic heterocycles. The highest BCUT2D eigenvalue weighted by Crippen LogP contribution is 2.29. The lowest BCUT2D eigenvalue weighted by molar-refractivity contribution is -0.119. The maximum absolute atomic E-state index is 12.7. The number of thioether (sulfide) groups is 1. The van der Waals surface area contributed by atoms with Crippen LogP contribution >= 0.6 is 24.0 Å². The van der Waals surface area contributed by atoms with E-state index in [0.717, 1.165) is 31.1 Å². The zero-order valence-corrected chi connectivity index (χ0v) is 22.5. The zero-order chi connectivity index (χ0) is 25.8. The number of carbonyl (C=O) groups excluding carboxylic acids is 2. The van der Waals surface area contributed by atoms with Crippen molar-refractivity contribution in [3.05, 3.63) is 18.3 Å². The van der Waals surface area contributed by atoms with E-state index in [0.29, 0.717) is 35.0 Å². The van der Waals surface area contributed by atoms with Crippen molar-refractivity contribution in [1.29, 1.82) is 0 Å². The van der Waals surface area contributed by atoms with Crippen LogP contribution in [0.1, 0.15) is 26.7 Å². The lowest BCUT2D eigenvalue weighted by Crippen LogP contribution is -2.41. The molecule has 1 atom stereocenters. The molecule has 0 radical (unpaired) electrons. The maximum atomic E-state index is 12.7. The molecule has 2 saturated heterocycles. The topological polar surface area (TPSA) is 122 Å². The van der Waals surface area contributed by atoms with E-state index < -0.39 is 6.09 Å². The quantitative estimate of drug-likeness (QED) is 0.498. The molecular weight excluding hydrogens is 502 g/mol. The van der Waals surface area contributed by atoms with Crippen LogP contribution in [0.2, 0.25) is 0 Å². The smallest absolute Gasteiger partial charge is 0.409 e. The third-order valence-corrected chi connectivity index (χ3v) is 7.63. The Balaban J connectivity index is 1.27. The summed E-state index contributed by atoms with van der Waals surface area (Å²) in [5.74, 6) is 0.665. The molecule has 2 amide bonds. The van der Waals surface area contributed by atoms with Crippen molar-refractivity contribution in [2.45, 2.75) is 49.7 Å². The average molecular weight is 534 g/mol. The van der Waals surface area contributed by atoms with Crippen LogP contribution in [0.3, 0.4) is 0 Å². The summed E-state index contributed by atoms with van der Waals surface area (Å²) in [5, 5.41) is 16.5. The number of likely N-dealkylation sites (tertiary alicyclic amines) is 1. The van der Waals surface area contributed by atoms with Crippen LogP contribution in [-0.4, -0.2) is 97.1 Å². The number of thiocarbonyl (C=S) groups is 1. The molecule has 0 aromatic carbocycles. The first kappa shape index (κ1) is 26.2. The van der Waals surface area contributed by atoms with Crippen molar-refractivity contribution >= 4 is 46.9 Å².